The number of ether oxygens (including phenoxy) is 3. The largest absolute Gasteiger partial charge is 0.466 e. The second kappa shape index (κ2) is 11.0. The number of nitrogens with zero attached hydrogens (tertiary/aromatic N) is 2. The molecule has 7 heteroatoms. The molecular weight excluding hydrogens is 432 g/mol. The topological polar surface area (TPSA) is 68.3 Å². The van der Waals surface area contributed by atoms with E-state index < -0.39 is 29.4 Å². The number of carbonyl (C=O) groups is 2. The van der Waals surface area contributed by atoms with Crippen LogP contribution in [0.1, 0.15) is 45.2 Å². The lowest BCUT2D eigenvalue weighted by Crippen LogP contribution is -2.54. The van der Waals surface area contributed by atoms with Crippen LogP contribution in [0.2, 0.25) is 0 Å². The van der Waals surface area contributed by atoms with Crippen molar-refractivity contribution in [1.29, 1.82) is 0 Å². The number of carbonyl (C=O) groups excluding carboxylic acids is 2. The van der Waals surface area contributed by atoms with E-state index >= 15 is 0 Å². The van der Waals surface area contributed by atoms with E-state index in [1.54, 1.807) is 4.90 Å². The molecule has 1 aliphatic heterocycles. The maximum atomic E-state index is 13.1. The van der Waals surface area contributed by atoms with Crippen LogP contribution in [0.15, 0.2) is 60.7 Å². The molecule has 184 valence electrons. The van der Waals surface area contributed by atoms with Crippen molar-refractivity contribution < 1.29 is 23.8 Å². The number of methoxy groups -OCH3 is 1. The Hall–Kier alpha value is -2.90. The van der Waals surface area contributed by atoms with E-state index in [1.807, 2.05) is 64.1 Å². The molecule has 1 atom stereocenters. The third-order valence-corrected chi connectivity index (χ3v) is 6.02. The van der Waals surface area contributed by atoms with Crippen LogP contribution in [-0.2, 0) is 32.1 Å². The summed E-state index contributed by atoms with van der Waals surface area (Å²) in [6, 6.07) is 20.3. The van der Waals surface area contributed by atoms with Gasteiger partial charge in [-0.15, -0.1) is 0 Å². The number of benzene rings is 2. The van der Waals surface area contributed by atoms with E-state index in [4.69, 9.17) is 14.2 Å². The van der Waals surface area contributed by atoms with Crippen LogP contribution < -0.4 is 0 Å². The summed E-state index contributed by atoms with van der Waals surface area (Å²) in [4.78, 5) is 29.5. The molecule has 3 rings (SSSR count). The van der Waals surface area contributed by atoms with Gasteiger partial charge in [0.2, 0.25) is 6.10 Å². The first-order valence-corrected chi connectivity index (χ1v) is 11.7. The van der Waals surface area contributed by atoms with Crippen LogP contribution >= 0.6 is 0 Å². The molecule has 1 fully saturated rings. The van der Waals surface area contributed by atoms with Crippen molar-refractivity contribution in [2.75, 3.05) is 20.3 Å². The van der Waals surface area contributed by atoms with Crippen molar-refractivity contribution in [1.82, 2.24) is 9.80 Å². The van der Waals surface area contributed by atoms with Gasteiger partial charge in [-0.1, -0.05) is 60.7 Å². The summed E-state index contributed by atoms with van der Waals surface area (Å²) in [5.41, 5.74) is 0.965. The van der Waals surface area contributed by atoms with Crippen LogP contribution in [0.5, 0.6) is 0 Å². The molecule has 1 heterocycles. The fourth-order valence-electron chi connectivity index (χ4n) is 4.41. The minimum absolute atomic E-state index is 0.313. The Morgan fingerprint density at radius 1 is 0.971 bits per heavy atom. The number of rotatable bonds is 9. The molecule has 2 aromatic carbocycles. The molecule has 2 aromatic rings. The third-order valence-electron chi connectivity index (χ3n) is 6.02. The van der Waals surface area contributed by atoms with Crippen LogP contribution in [0, 0.1) is 0 Å². The molecule has 0 radical (unpaired) electrons. The molecule has 1 unspecified atom stereocenters. The van der Waals surface area contributed by atoms with E-state index in [0.29, 0.717) is 32.7 Å². The molecule has 7 nitrogen and oxygen atoms in total. The fraction of sp³-hybridized carbons (Fsp3) is 0.481. The van der Waals surface area contributed by atoms with Crippen LogP contribution in [-0.4, -0.2) is 59.5 Å². The minimum Gasteiger partial charge on any atom is -0.466 e. The molecule has 1 saturated heterocycles. The van der Waals surface area contributed by atoms with Gasteiger partial charge in [0.1, 0.15) is 5.72 Å². The second-order valence-corrected chi connectivity index (χ2v) is 9.75. The van der Waals surface area contributed by atoms with Crippen molar-refractivity contribution in [2.45, 2.75) is 64.6 Å². The highest BCUT2D eigenvalue weighted by Gasteiger charge is 2.50. The summed E-state index contributed by atoms with van der Waals surface area (Å²) in [5, 5.41) is 0. The molecule has 1 amide bonds. The SMILES string of the molecule is COC(=O)C(CCN(Cc1ccccc1)Cc1ccccc1)OC(=O)N1C(C)(C)COC1(C)C. The third kappa shape index (κ3) is 6.58. The maximum Gasteiger partial charge on any atom is 0.413 e. The molecule has 0 saturated carbocycles. The van der Waals surface area contributed by atoms with Crippen LogP contribution in [0.3, 0.4) is 0 Å². The van der Waals surface area contributed by atoms with E-state index in [9.17, 15) is 9.59 Å². The van der Waals surface area contributed by atoms with E-state index in [0.717, 1.165) is 0 Å². The number of amides is 1. The van der Waals surface area contributed by atoms with Crippen LogP contribution in [0.25, 0.3) is 0 Å². The molecule has 0 N–H and O–H groups in total. The van der Waals surface area contributed by atoms with Crippen molar-refractivity contribution in [3.05, 3.63) is 71.8 Å². The summed E-state index contributed by atoms with van der Waals surface area (Å²) < 4.78 is 16.5. The Kier molecular flexibility index (Phi) is 8.33. The summed E-state index contributed by atoms with van der Waals surface area (Å²) in [5.74, 6) is -0.566. The lowest BCUT2D eigenvalue weighted by Gasteiger charge is -2.37. The van der Waals surface area contributed by atoms with Gasteiger partial charge in [0.05, 0.1) is 19.3 Å². The smallest absolute Gasteiger partial charge is 0.413 e. The van der Waals surface area contributed by atoms with Gasteiger partial charge in [-0.05, 0) is 38.8 Å². The predicted octanol–water partition coefficient (Wildman–Crippen LogP) is 4.60. The van der Waals surface area contributed by atoms with Gasteiger partial charge in [-0.2, -0.15) is 0 Å². The van der Waals surface area contributed by atoms with Crippen molar-refractivity contribution in [3.63, 3.8) is 0 Å². The Balaban J connectivity index is 1.72. The van der Waals surface area contributed by atoms with Crippen LogP contribution in [0.4, 0.5) is 4.79 Å². The highest BCUT2D eigenvalue weighted by Crippen LogP contribution is 2.35. The first-order chi connectivity index (χ1) is 16.1. The highest BCUT2D eigenvalue weighted by atomic mass is 16.6. The zero-order valence-corrected chi connectivity index (χ0v) is 20.8. The Labute approximate surface area is 202 Å². The molecule has 0 aliphatic carbocycles. The zero-order valence-electron chi connectivity index (χ0n) is 20.8. The Morgan fingerprint density at radius 3 is 1.94 bits per heavy atom. The average molecular weight is 469 g/mol. The van der Waals surface area contributed by atoms with Gasteiger partial charge in [0, 0.05) is 26.1 Å². The molecular formula is C27H36N2O5. The number of hydrogen-bond acceptors (Lipinski definition) is 6. The van der Waals surface area contributed by atoms with E-state index in [1.165, 1.54) is 18.2 Å². The molecule has 1 aliphatic rings. The summed E-state index contributed by atoms with van der Waals surface area (Å²) in [7, 11) is 1.31. The quantitative estimate of drug-likeness (QED) is 0.501. The lowest BCUT2D eigenvalue weighted by atomic mass is 10.0. The van der Waals surface area contributed by atoms with E-state index in [-0.39, 0.29) is 0 Å². The molecule has 0 spiro atoms. The molecule has 34 heavy (non-hydrogen) atoms. The van der Waals surface area contributed by atoms with Gasteiger partial charge in [-0.25, -0.2) is 9.59 Å². The monoisotopic (exact) mass is 468 g/mol. The average Bonchev–Trinajstić information content (AvgIpc) is 3.04. The maximum absolute atomic E-state index is 13.1. The highest BCUT2D eigenvalue weighted by molar-refractivity contribution is 5.79. The second-order valence-electron chi connectivity index (χ2n) is 9.75. The first kappa shape index (κ1) is 25.7. The minimum atomic E-state index is -1.02. The fourth-order valence-corrected chi connectivity index (χ4v) is 4.41. The van der Waals surface area contributed by atoms with Gasteiger partial charge < -0.3 is 14.2 Å². The molecule has 0 aromatic heterocycles. The van der Waals surface area contributed by atoms with Gasteiger partial charge in [0.15, 0.2) is 0 Å². The normalized spacial score (nSPS) is 17.4. The Bertz CT molecular complexity index is 889. The van der Waals surface area contributed by atoms with E-state index in [2.05, 4.69) is 29.2 Å². The van der Waals surface area contributed by atoms with Gasteiger partial charge in [0.25, 0.3) is 0 Å². The lowest BCUT2D eigenvalue weighted by molar-refractivity contribution is -0.153. The van der Waals surface area contributed by atoms with Crippen molar-refractivity contribution in [3.8, 4) is 0 Å². The summed E-state index contributed by atoms with van der Waals surface area (Å²) in [6.45, 7) is 9.81. The molecule has 0 bridgehead atoms. The zero-order chi connectivity index (χ0) is 24.8. The number of hydrogen-bond donors (Lipinski definition) is 0. The first-order valence-electron chi connectivity index (χ1n) is 11.7. The summed E-state index contributed by atoms with van der Waals surface area (Å²) >= 11 is 0. The van der Waals surface area contributed by atoms with Gasteiger partial charge >= 0.3 is 12.1 Å². The van der Waals surface area contributed by atoms with Crippen molar-refractivity contribution in [2.24, 2.45) is 0 Å². The van der Waals surface area contributed by atoms with Gasteiger partial charge in [-0.3, -0.25) is 9.80 Å². The standard InChI is InChI=1S/C27H36N2O5/c1-26(2)20-33-27(3,4)29(26)25(31)34-23(24(30)32-5)16-17-28(18-21-12-8-6-9-13-21)19-22-14-10-7-11-15-22/h6-15,23H,16-20H2,1-5H3. The van der Waals surface area contributed by atoms with Crippen molar-refractivity contribution >= 4 is 12.1 Å². The predicted molar refractivity (Wildman–Crippen MR) is 130 cm³/mol. The number of esters is 1. The summed E-state index contributed by atoms with van der Waals surface area (Å²) in [6.07, 6.45) is -1.28. The Morgan fingerprint density at radius 2 is 1.50 bits per heavy atom.